The smallest absolute Gasteiger partial charge is 0.267 e. The highest BCUT2D eigenvalue weighted by atomic mass is 16.2. The molecule has 7 nitrogen and oxygen atoms in total. The van der Waals surface area contributed by atoms with Gasteiger partial charge in [-0.3, -0.25) is 19.3 Å². The number of carbonyl (C=O) groups is 3. The van der Waals surface area contributed by atoms with Crippen LogP contribution in [0.1, 0.15) is 51.8 Å². The second-order valence-corrected chi connectivity index (χ2v) is 6.42. The van der Waals surface area contributed by atoms with Gasteiger partial charge in [-0.15, -0.1) is 0 Å². The molecule has 0 bridgehead atoms. The van der Waals surface area contributed by atoms with Crippen LogP contribution in [0.25, 0.3) is 0 Å². The molecule has 0 aromatic carbocycles. The van der Waals surface area contributed by atoms with Gasteiger partial charge in [0.25, 0.3) is 11.8 Å². The number of Topliss-reactive ketones (excluding diaryl/α,β-unsaturated/α-hetero) is 1. The lowest BCUT2D eigenvalue weighted by Crippen LogP contribution is -2.43. The first-order valence-corrected chi connectivity index (χ1v) is 8.37. The molecule has 25 heavy (non-hydrogen) atoms. The number of rotatable bonds is 2. The van der Waals surface area contributed by atoms with Gasteiger partial charge in [-0.1, -0.05) is 6.07 Å². The molecule has 0 radical (unpaired) electrons. The van der Waals surface area contributed by atoms with Crippen LogP contribution in [-0.4, -0.2) is 33.7 Å². The first kappa shape index (κ1) is 15.6. The number of fused-ring (bicyclic) bond motifs is 2. The number of aryl methyl sites for hydroxylation is 1. The van der Waals surface area contributed by atoms with Crippen molar-refractivity contribution in [1.82, 2.24) is 9.55 Å². The van der Waals surface area contributed by atoms with Gasteiger partial charge in [0, 0.05) is 19.2 Å². The number of hydrogen-bond donors (Lipinski definition) is 1. The van der Waals surface area contributed by atoms with Crippen molar-refractivity contribution < 1.29 is 14.4 Å². The van der Waals surface area contributed by atoms with Gasteiger partial charge in [0.15, 0.2) is 5.78 Å². The molecule has 2 N–H and O–H groups in total. The topological polar surface area (TPSA) is 98.3 Å². The minimum atomic E-state index is -0.614. The zero-order valence-electron chi connectivity index (χ0n) is 13.6. The summed E-state index contributed by atoms with van der Waals surface area (Å²) in [5, 5.41) is 0. The Labute approximate surface area is 144 Å². The Balaban J connectivity index is 1.71. The van der Waals surface area contributed by atoms with E-state index in [-0.39, 0.29) is 17.4 Å². The summed E-state index contributed by atoms with van der Waals surface area (Å²) in [6.07, 6.45) is 4.24. The largest absolute Gasteiger partial charge is 0.364 e. The minimum absolute atomic E-state index is 0.0576. The van der Waals surface area contributed by atoms with Crippen LogP contribution < -0.4 is 10.6 Å². The maximum Gasteiger partial charge on any atom is 0.267 e. The average Bonchev–Trinajstić information content (AvgIpc) is 3.11. The Bertz CT molecular complexity index is 886. The zero-order valence-corrected chi connectivity index (χ0v) is 13.6. The Hall–Kier alpha value is -2.96. The van der Waals surface area contributed by atoms with E-state index in [0.717, 1.165) is 18.4 Å². The third kappa shape index (κ3) is 2.52. The van der Waals surface area contributed by atoms with Crippen molar-refractivity contribution in [3.05, 3.63) is 47.4 Å². The Morgan fingerprint density at radius 3 is 2.84 bits per heavy atom. The molecule has 0 fully saturated rings. The molecular weight excluding hydrogens is 320 g/mol. The summed E-state index contributed by atoms with van der Waals surface area (Å²) < 4.78 is 1.75. The maximum absolute atomic E-state index is 13.2. The summed E-state index contributed by atoms with van der Waals surface area (Å²) in [4.78, 5) is 42.6. The van der Waals surface area contributed by atoms with E-state index in [9.17, 15) is 14.4 Å². The van der Waals surface area contributed by atoms with E-state index >= 15 is 0 Å². The number of nitrogens with zero attached hydrogens (tertiary/aromatic N) is 3. The lowest BCUT2D eigenvalue weighted by Gasteiger charge is -2.33. The van der Waals surface area contributed by atoms with Gasteiger partial charge in [0.05, 0.1) is 5.69 Å². The van der Waals surface area contributed by atoms with Crippen molar-refractivity contribution in [3.8, 4) is 0 Å². The van der Waals surface area contributed by atoms with Gasteiger partial charge < -0.3 is 10.3 Å². The Morgan fingerprint density at radius 2 is 2.04 bits per heavy atom. The van der Waals surface area contributed by atoms with Crippen LogP contribution in [0.3, 0.4) is 0 Å². The van der Waals surface area contributed by atoms with Crippen LogP contribution in [0, 0.1) is 0 Å². The van der Waals surface area contributed by atoms with Crippen molar-refractivity contribution in [1.29, 1.82) is 0 Å². The Morgan fingerprint density at radius 1 is 1.20 bits per heavy atom. The molecule has 0 spiro atoms. The fourth-order valence-corrected chi connectivity index (χ4v) is 3.65. The van der Waals surface area contributed by atoms with E-state index in [1.807, 2.05) is 6.07 Å². The highest BCUT2D eigenvalue weighted by molar-refractivity contribution is 6.01. The van der Waals surface area contributed by atoms with Gasteiger partial charge in [-0.05, 0) is 43.0 Å². The number of primary amides is 1. The second-order valence-electron chi connectivity index (χ2n) is 6.42. The summed E-state index contributed by atoms with van der Waals surface area (Å²) >= 11 is 0. The Kier molecular flexibility index (Phi) is 3.63. The average molecular weight is 338 g/mol. The molecule has 7 heteroatoms. The second kappa shape index (κ2) is 5.84. The fourth-order valence-electron chi connectivity index (χ4n) is 3.65. The third-order valence-electron chi connectivity index (χ3n) is 4.89. The summed E-state index contributed by atoms with van der Waals surface area (Å²) in [5.41, 5.74) is 6.99. The summed E-state index contributed by atoms with van der Waals surface area (Å²) in [5.74, 6) is -0.142. The number of carbonyl (C=O) groups excluding carboxylic acids is 3. The molecule has 0 saturated heterocycles. The van der Waals surface area contributed by atoms with E-state index in [1.165, 1.54) is 0 Å². The monoisotopic (exact) mass is 338 g/mol. The lowest BCUT2D eigenvalue weighted by atomic mass is 9.98. The van der Waals surface area contributed by atoms with Crippen molar-refractivity contribution in [2.45, 2.75) is 31.7 Å². The highest BCUT2D eigenvalue weighted by Gasteiger charge is 2.35. The van der Waals surface area contributed by atoms with Crippen molar-refractivity contribution >= 4 is 23.4 Å². The molecular formula is C18H18N4O3. The zero-order chi connectivity index (χ0) is 17.6. The molecule has 2 aromatic rings. The minimum Gasteiger partial charge on any atom is -0.364 e. The summed E-state index contributed by atoms with van der Waals surface area (Å²) in [7, 11) is 0. The number of amides is 2. The lowest BCUT2D eigenvalue weighted by molar-refractivity contribution is -0.122. The third-order valence-corrected chi connectivity index (χ3v) is 4.89. The predicted octanol–water partition coefficient (Wildman–Crippen LogP) is 1.48. The molecule has 1 atom stereocenters. The summed E-state index contributed by atoms with van der Waals surface area (Å²) in [6, 6.07) is 6.51. The number of hydrogen-bond acceptors (Lipinski definition) is 4. The van der Waals surface area contributed by atoms with Gasteiger partial charge >= 0.3 is 0 Å². The number of ketones is 1. The van der Waals surface area contributed by atoms with Crippen molar-refractivity contribution in [2.24, 2.45) is 5.73 Å². The molecule has 0 aliphatic carbocycles. The predicted molar refractivity (Wildman–Crippen MR) is 90.5 cm³/mol. The fraction of sp³-hybridized carbons (Fsp3) is 0.333. The molecule has 0 saturated carbocycles. The molecule has 2 aliphatic rings. The number of aromatic nitrogens is 2. The van der Waals surface area contributed by atoms with E-state index in [2.05, 4.69) is 4.98 Å². The van der Waals surface area contributed by atoms with E-state index in [0.29, 0.717) is 30.9 Å². The molecule has 4 rings (SSSR count). The quantitative estimate of drug-likeness (QED) is 0.896. The SMILES string of the molecule is NC(=O)c1ccc2c(n1)N(C(=O)C1CCC(=O)c3cccn31)CCC2. The molecule has 1 unspecified atom stereocenters. The summed E-state index contributed by atoms with van der Waals surface area (Å²) in [6.45, 7) is 0.544. The van der Waals surface area contributed by atoms with Gasteiger partial charge in [0.1, 0.15) is 17.6 Å². The number of nitrogens with two attached hydrogens (primary N) is 1. The van der Waals surface area contributed by atoms with Crippen LogP contribution in [-0.2, 0) is 11.2 Å². The first-order chi connectivity index (χ1) is 12.1. The van der Waals surface area contributed by atoms with Crippen LogP contribution in [0.5, 0.6) is 0 Å². The van der Waals surface area contributed by atoms with Gasteiger partial charge in [0.2, 0.25) is 0 Å². The standard InChI is InChI=1S/C18H18N4O3/c19-16(24)12-6-5-11-3-1-10-22(17(11)20-12)18(25)14-7-8-15(23)13-4-2-9-21(13)14/h2,4-6,9,14H,1,3,7-8,10H2,(H2,19,24). The van der Waals surface area contributed by atoms with E-state index < -0.39 is 11.9 Å². The molecule has 2 amide bonds. The van der Waals surface area contributed by atoms with E-state index in [1.54, 1.807) is 33.9 Å². The van der Waals surface area contributed by atoms with Crippen molar-refractivity contribution in [2.75, 3.05) is 11.4 Å². The van der Waals surface area contributed by atoms with Crippen LogP contribution in [0.2, 0.25) is 0 Å². The molecule has 4 heterocycles. The van der Waals surface area contributed by atoms with Crippen LogP contribution >= 0.6 is 0 Å². The first-order valence-electron chi connectivity index (χ1n) is 8.37. The molecule has 2 aromatic heterocycles. The normalized spacial score (nSPS) is 19.3. The van der Waals surface area contributed by atoms with Crippen LogP contribution in [0.15, 0.2) is 30.5 Å². The number of pyridine rings is 1. The molecule has 128 valence electrons. The van der Waals surface area contributed by atoms with Gasteiger partial charge in [-0.25, -0.2) is 4.98 Å². The van der Waals surface area contributed by atoms with Gasteiger partial charge in [-0.2, -0.15) is 0 Å². The maximum atomic E-state index is 13.2. The van der Waals surface area contributed by atoms with Crippen LogP contribution in [0.4, 0.5) is 5.82 Å². The number of anilines is 1. The molecule has 2 aliphatic heterocycles. The van der Waals surface area contributed by atoms with E-state index in [4.69, 9.17) is 5.73 Å². The van der Waals surface area contributed by atoms with Crippen molar-refractivity contribution in [3.63, 3.8) is 0 Å². The highest BCUT2D eigenvalue weighted by Crippen LogP contribution is 2.32.